The van der Waals surface area contributed by atoms with Crippen molar-refractivity contribution in [3.8, 4) is 5.75 Å². The van der Waals surface area contributed by atoms with Gasteiger partial charge in [-0.1, -0.05) is 53.7 Å². The Kier molecular flexibility index (Phi) is 8.71. The number of aromatic nitrogens is 3. The summed E-state index contributed by atoms with van der Waals surface area (Å²) in [5.41, 5.74) is 4.44. The topological polar surface area (TPSA) is 98.6 Å². The Balaban J connectivity index is 1.47. The summed E-state index contributed by atoms with van der Waals surface area (Å²) in [6.45, 7) is 3.47. The molecule has 0 radical (unpaired) electrons. The van der Waals surface area contributed by atoms with Gasteiger partial charge in [0.2, 0.25) is 11.8 Å². The summed E-state index contributed by atoms with van der Waals surface area (Å²) in [6.07, 6.45) is 2.47. The number of nitrogens with one attached hydrogen (secondary N) is 1. The number of benzene rings is 3. The highest BCUT2D eigenvalue weighted by Gasteiger charge is 2.32. The lowest BCUT2D eigenvalue weighted by Crippen LogP contribution is -2.47. The van der Waals surface area contributed by atoms with Crippen molar-refractivity contribution < 1.29 is 19.1 Å². The van der Waals surface area contributed by atoms with Crippen molar-refractivity contribution in [2.45, 2.75) is 44.9 Å². The smallest absolute Gasteiger partial charge is 0.247 e. The summed E-state index contributed by atoms with van der Waals surface area (Å²) in [6, 6.07) is 22.1. The first-order valence-corrected chi connectivity index (χ1v) is 13.7. The zero-order valence-corrected chi connectivity index (χ0v) is 23.0. The van der Waals surface area contributed by atoms with Crippen LogP contribution in [0.15, 0.2) is 72.8 Å². The zero-order chi connectivity index (χ0) is 27.9. The van der Waals surface area contributed by atoms with E-state index in [1.807, 2.05) is 60.7 Å². The molecule has 1 saturated heterocycles. The molecular formula is C31H35N5O4. The van der Waals surface area contributed by atoms with Crippen LogP contribution in [0.2, 0.25) is 0 Å². The van der Waals surface area contributed by atoms with Crippen molar-refractivity contribution in [1.29, 1.82) is 0 Å². The molecule has 1 aliphatic heterocycles. The van der Waals surface area contributed by atoms with Crippen LogP contribution in [-0.4, -0.2) is 64.6 Å². The van der Waals surface area contributed by atoms with E-state index in [4.69, 9.17) is 9.47 Å². The Morgan fingerprint density at radius 3 is 2.62 bits per heavy atom. The average molecular weight is 542 g/mol. The molecule has 0 bridgehead atoms. The lowest BCUT2D eigenvalue weighted by molar-refractivity contribution is -0.141. The molecule has 0 aliphatic carbocycles. The summed E-state index contributed by atoms with van der Waals surface area (Å²) in [5.74, 6) is 0.203. The number of fused-ring (bicyclic) bond motifs is 1. The number of carbonyl (C=O) groups is 2. The van der Waals surface area contributed by atoms with E-state index in [0.717, 1.165) is 29.5 Å². The number of ether oxygens (including phenoxy) is 2. The summed E-state index contributed by atoms with van der Waals surface area (Å²) < 4.78 is 12.7. The molecular weight excluding hydrogens is 506 g/mol. The van der Waals surface area contributed by atoms with E-state index in [1.165, 1.54) is 0 Å². The van der Waals surface area contributed by atoms with E-state index in [9.17, 15) is 9.59 Å². The van der Waals surface area contributed by atoms with Crippen molar-refractivity contribution in [3.05, 3.63) is 89.5 Å². The normalized spacial score (nSPS) is 15.6. The van der Waals surface area contributed by atoms with Crippen LogP contribution < -0.4 is 10.1 Å². The van der Waals surface area contributed by atoms with Crippen LogP contribution >= 0.6 is 0 Å². The zero-order valence-electron chi connectivity index (χ0n) is 23.0. The fourth-order valence-electron chi connectivity index (χ4n) is 5.16. The lowest BCUT2D eigenvalue weighted by Gasteiger charge is -2.32. The van der Waals surface area contributed by atoms with Gasteiger partial charge in [0, 0.05) is 19.7 Å². The number of carbonyl (C=O) groups excluding carboxylic acids is 2. The van der Waals surface area contributed by atoms with Crippen LogP contribution in [0.5, 0.6) is 5.75 Å². The largest absolute Gasteiger partial charge is 0.497 e. The van der Waals surface area contributed by atoms with Crippen molar-refractivity contribution in [1.82, 2.24) is 25.2 Å². The molecule has 1 fully saturated rings. The van der Waals surface area contributed by atoms with Crippen LogP contribution in [0, 0.1) is 6.92 Å². The van der Waals surface area contributed by atoms with Crippen LogP contribution in [-0.2, 0) is 27.3 Å². The second-order valence-electron chi connectivity index (χ2n) is 10.1. The maximum Gasteiger partial charge on any atom is 0.247 e. The molecule has 2 amide bonds. The van der Waals surface area contributed by atoms with Gasteiger partial charge < -0.3 is 19.7 Å². The molecule has 4 aromatic rings. The van der Waals surface area contributed by atoms with E-state index >= 15 is 0 Å². The minimum Gasteiger partial charge on any atom is -0.497 e. The summed E-state index contributed by atoms with van der Waals surface area (Å²) >= 11 is 0. The van der Waals surface area contributed by atoms with Gasteiger partial charge in [-0.25, -0.2) is 4.68 Å². The first-order chi connectivity index (χ1) is 19.5. The number of aryl methyl sites for hydroxylation is 1. The van der Waals surface area contributed by atoms with Crippen molar-refractivity contribution in [3.63, 3.8) is 0 Å². The van der Waals surface area contributed by atoms with Gasteiger partial charge in [0.1, 0.15) is 23.9 Å². The highest BCUT2D eigenvalue weighted by atomic mass is 16.5. The molecule has 40 heavy (non-hydrogen) atoms. The lowest BCUT2D eigenvalue weighted by atomic mass is 10.0. The van der Waals surface area contributed by atoms with Gasteiger partial charge in [-0.05, 0) is 67.1 Å². The molecule has 9 heteroatoms. The van der Waals surface area contributed by atoms with Gasteiger partial charge in [-0.15, -0.1) is 5.10 Å². The predicted molar refractivity (Wildman–Crippen MR) is 152 cm³/mol. The number of rotatable bonds is 11. The fourth-order valence-corrected chi connectivity index (χ4v) is 5.16. The maximum absolute atomic E-state index is 14.1. The molecule has 0 spiro atoms. The second kappa shape index (κ2) is 12.7. The average Bonchev–Trinajstić information content (AvgIpc) is 3.65. The SMILES string of the molecule is COc1ccc([C@H](C(=O)NC[C@@H]2CCCO2)N(CCc2ccccc2C)C(=O)Cn2nnc3ccccc32)cc1. The molecule has 1 aliphatic rings. The monoisotopic (exact) mass is 541 g/mol. The standard InChI is InChI=1S/C31H35N5O4/c1-22-8-3-4-9-23(22)17-18-35(29(37)21-36-28-12-6-5-11-27(28)33-34-36)30(24-13-15-25(39-2)16-14-24)31(38)32-20-26-10-7-19-40-26/h3-6,8-9,11-16,26,30H,7,10,17-21H2,1-2H3,(H,32,38)/t26-,30+/m0/s1. The molecule has 9 nitrogen and oxygen atoms in total. The Morgan fingerprint density at radius 2 is 1.88 bits per heavy atom. The van der Waals surface area contributed by atoms with Gasteiger partial charge in [-0.3, -0.25) is 9.59 Å². The Morgan fingerprint density at radius 1 is 1.10 bits per heavy atom. The third-order valence-electron chi connectivity index (χ3n) is 7.43. The molecule has 1 aromatic heterocycles. The number of methoxy groups -OCH3 is 1. The van der Waals surface area contributed by atoms with Crippen LogP contribution in [0.3, 0.4) is 0 Å². The van der Waals surface area contributed by atoms with Gasteiger partial charge in [0.05, 0.1) is 18.7 Å². The Hall–Kier alpha value is -4.24. The van der Waals surface area contributed by atoms with E-state index in [1.54, 1.807) is 16.7 Å². The third-order valence-corrected chi connectivity index (χ3v) is 7.43. The maximum atomic E-state index is 14.1. The molecule has 2 atom stereocenters. The van der Waals surface area contributed by atoms with Gasteiger partial charge >= 0.3 is 0 Å². The number of para-hydroxylation sites is 1. The highest BCUT2D eigenvalue weighted by molar-refractivity contribution is 5.89. The first-order valence-electron chi connectivity index (χ1n) is 13.7. The quantitative estimate of drug-likeness (QED) is 0.310. The summed E-state index contributed by atoms with van der Waals surface area (Å²) in [4.78, 5) is 29.6. The van der Waals surface area contributed by atoms with Crippen molar-refractivity contribution in [2.24, 2.45) is 0 Å². The van der Waals surface area contributed by atoms with Crippen LogP contribution in [0.25, 0.3) is 11.0 Å². The minimum absolute atomic E-state index is 0.0156. The first kappa shape index (κ1) is 27.3. The predicted octanol–water partition coefficient (Wildman–Crippen LogP) is 3.86. The van der Waals surface area contributed by atoms with Crippen molar-refractivity contribution >= 4 is 22.8 Å². The molecule has 1 N–H and O–H groups in total. The molecule has 0 unspecified atom stereocenters. The van der Waals surface area contributed by atoms with E-state index in [-0.39, 0.29) is 24.5 Å². The molecule has 5 rings (SSSR count). The Labute approximate surface area is 234 Å². The van der Waals surface area contributed by atoms with Crippen LogP contribution in [0.1, 0.15) is 35.6 Å². The van der Waals surface area contributed by atoms with E-state index in [0.29, 0.717) is 42.9 Å². The number of hydrogen-bond acceptors (Lipinski definition) is 6. The number of amides is 2. The second-order valence-corrected chi connectivity index (χ2v) is 10.1. The molecule has 208 valence electrons. The van der Waals surface area contributed by atoms with Gasteiger partial charge in [0.25, 0.3) is 0 Å². The van der Waals surface area contributed by atoms with Gasteiger partial charge in [-0.2, -0.15) is 0 Å². The van der Waals surface area contributed by atoms with E-state index < -0.39 is 6.04 Å². The molecule has 2 heterocycles. The number of nitrogens with zero attached hydrogens (tertiary/aromatic N) is 4. The van der Waals surface area contributed by atoms with Crippen molar-refractivity contribution in [2.75, 3.05) is 26.8 Å². The minimum atomic E-state index is -0.849. The van der Waals surface area contributed by atoms with E-state index in [2.05, 4.69) is 34.7 Å². The summed E-state index contributed by atoms with van der Waals surface area (Å²) in [5, 5.41) is 11.5. The summed E-state index contributed by atoms with van der Waals surface area (Å²) in [7, 11) is 1.60. The fraction of sp³-hybridized carbons (Fsp3) is 0.355. The Bertz CT molecular complexity index is 1450. The van der Waals surface area contributed by atoms with Gasteiger partial charge in [0.15, 0.2) is 0 Å². The highest BCUT2D eigenvalue weighted by Crippen LogP contribution is 2.26. The molecule has 3 aromatic carbocycles. The van der Waals surface area contributed by atoms with Crippen LogP contribution in [0.4, 0.5) is 0 Å². The third kappa shape index (κ3) is 6.31. The molecule has 0 saturated carbocycles. The number of hydrogen-bond donors (Lipinski definition) is 1.